The van der Waals surface area contributed by atoms with Gasteiger partial charge in [0.1, 0.15) is 0 Å². The van der Waals surface area contributed by atoms with Gasteiger partial charge in [-0.1, -0.05) is 61.9 Å². The topological polar surface area (TPSA) is 132 Å². The summed E-state index contributed by atoms with van der Waals surface area (Å²) in [6, 6.07) is 13.9. The minimum Gasteiger partial charge on any atom is -0.480 e. The third-order valence-electron chi connectivity index (χ3n) is 5.04. The molecule has 162 valence electrons. The lowest BCUT2D eigenvalue weighted by atomic mass is 9.98. The first-order valence-corrected chi connectivity index (χ1v) is 10.1. The van der Waals surface area contributed by atoms with Crippen LogP contribution < -0.4 is 0 Å². The summed E-state index contributed by atoms with van der Waals surface area (Å²) in [4.78, 5) is 25.4. The summed E-state index contributed by atoms with van der Waals surface area (Å²) < 4.78 is 0. The zero-order valence-corrected chi connectivity index (χ0v) is 17.2. The molecule has 3 rings (SSSR count). The number of aromatic nitrogens is 4. The maximum absolute atomic E-state index is 12.6. The number of aliphatic carboxylic acids is 1. The van der Waals surface area contributed by atoms with Crippen LogP contribution in [0.25, 0.3) is 22.5 Å². The Bertz CT molecular complexity index is 1010. The van der Waals surface area contributed by atoms with E-state index in [-0.39, 0.29) is 18.9 Å². The molecule has 31 heavy (non-hydrogen) atoms. The molecule has 3 aromatic rings. The summed E-state index contributed by atoms with van der Waals surface area (Å²) in [6.45, 7) is 1.43. The van der Waals surface area contributed by atoms with Gasteiger partial charge < -0.3 is 15.1 Å². The van der Waals surface area contributed by atoms with Crippen molar-refractivity contribution < 1.29 is 19.8 Å². The van der Waals surface area contributed by atoms with Crippen LogP contribution in [0.1, 0.15) is 31.7 Å². The zero-order chi connectivity index (χ0) is 22.2. The highest BCUT2D eigenvalue weighted by Gasteiger charge is 2.28. The molecule has 0 aliphatic heterocycles. The van der Waals surface area contributed by atoms with Gasteiger partial charge in [0.15, 0.2) is 11.9 Å². The van der Waals surface area contributed by atoms with Crippen molar-refractivity contribution in [3.8, 4) is 22.5 Å². The van der Waals surface area contributed by atoms with Crippen LogP contribution >= 0.6 is 0 Å². The Balaban J connectivity index is 1.85. The second-order valence-corrected chi connectivity index (χ2v) is 7.15. The predicted octanol–water partition coefficient (Wildman–Crippen LogP) is 2.50. The van der Waals surface area contributed by atoms with E-state index in [2.05, 4.69) is 20.6 Å². The minimum atomic E-state index is -1.27. The van der Waals surface area contributed by atoms with E-state index in [1.165, 1.54) is 4.90 Å². The van der Waals surface area contributed by atoms with Gasteiger partial charge in [-0.05, 0) is 33.5 Å². The average molecular weight is 423 g/mol. The molecule has 9 heteroatoms. The molecule has 1 unspecified atom stereocenters. The van der Waals surface area contributed by atoms with E-state index in [9.17, 15) is 19.8 Å². The Kier molecular flexibility index (Phi) is 7.45. The second-order valence-electron chi connectivity index (χ2n) is 7.15. The molecular weight excluding hydrogens is 398 g/mol. The van der Waals surface area contributed by atoms with E-state index in [0.29, 0.717) is 12.2 Å². The Morgan fingerprint density at radius 2 is 1.81 bits per heavy atom. The van der Waals surface area contributed by atoms with Crippen LogP contribution in [-0.2, 0) is 16.1 Å². The number of rotatable bonds is 10. The summed E-state index contributed by atoms with van der Waals surface area (Å²) in [6.07, 6.45) is 1.74. The van der Waals surface area contributed by atoms with Crippen molar-refractivity contribution in [1.82, 2.24) is 25.5 Å². The minimum absolute atomic E-state index is 0.105. The molecule has 0 fully saturated rings. The van der Waals surface area contributed by atoms with Crippen molar-refractivity contribution in [2.45, 2.75) is 38.8 Å². The van der Waals surface area contributed by atoms with Gasteiger partial charge in [-0.3, -0.25) is 4.79 Å². The van der Waals surface area contributed by atoms with Gasteiger partial charge in [0.25, 0.3) is 0 Å². The fourth-order valence-corrected chi connectivity index (χ4v) is 3.35. The van der Waals surface area contributed by atoms with Crippen LogP contribution in [0.4, 0.5) is 0 Å². The second kappa shape index (κ2) is 10.4. The average Bonchev–Trinajstić information content (AvgIpc) is 3.32. The number of H-pyrrole nitrogens is 1. The number of carboxylic acids is 1. The molecule has 0 saturated heterocycles. The number of benzene rings is 2. The fourth-order valence-electron chi connectivity index (χ4n) is 3.35. The van der Waals surface area contributed by atoms with Crippen molar-refractivity contribution in [2.24, 2.45) is 0 Å². The molecule has 0 spiro atoms. The maximum Gasteiger partial charge on any atom is 0.328 e. The summed E-state index contributed by atoms with van der Waals surface area (Å²) >= 11 is 0. The number of aromatic amines is 1. The van der Waals surface area contributed by atoms with Gasteiger partial charge in [0.05, 0.1) is 6.61 Å². The number of hydrogen-bond acceptors (Lipinski definition) is 6. The zero-order valence-electron chi connectivity index (χ0n) is 17.2. The first-order valence-electron chi connectivity index (χ1n) is 10.1. The highest BCUT2D eigenvalue weighted by Crippen LogP contribution is 2.30. The van der Waals surface area contributed by atoms with Gasteiger partial charge in [-0.2, -0.15) is 0 Å². The number of nitrogens with zero attached hydrogens (tertiary/aromatic N) is 4. The lowest BCUT2D eigenvalue weighted by Gasteiger charge is -2.28. The highest BCUT2D eigenvalue weighted by atomic mass is 16.4. The number of carbonyl (C=O) groups is 2. The van der Waals surface area contributed by atoms with Crippen molar-refractivity contribution in [1.29, 1.82) is 0 Å². The number of unbranched alkanes of at least 4 members (excludes halogenated alkanes) is 1. The molecule has 1 atom stereocenters. The van der Waals surface area contributed by atoms with Gasteiger partial charge >= 0.3 is 5.97 Å². The van der Waals surface area contributed by atoms with E-state index in [1.807, 2.05) is 55.5 Å². The first kappa shape index (κ1) is 22.1. The lowest BCUT2D eigenvalue weighted by molar-refractivity contribution is -0.152. The van der Waals surface area contributed by atoms with Gasteiger partial charge in [-0.25, -0.2) is 9.89 Å². The molecule has 0 saturated carbocycles. The standard InChI is InChI=1S/C22H25N5O4/c1-2-3-8-20(29)27(19(14-28)22(30)31)13-15-9-11-16(12-10-15)17-6-4-5-7-18(17)21-23-25-26-24-21/h4-7,9-12,19,28H,2-3,8,13-14H2,1H3,(H,30,31)(H,23,24,25,26). The monoisotopic (exact) mass is 423 g/mol. The summed E-state index contributed by atoms with van der Waals surface area (Å²) in [5, 5.41) is 33.0. The summed E-state index contributed by atoms with van der Waals surface area (Å²) in [7, 11) is 0. The van der Waals surface area contributed by atoms with Gasteiger partial charge in [0, 0.05) is 18.5 Å². The van der Waals surface area contributed by atoms with Gasteiger partial charge in [0.2, 0.25) is 5.91 Å². The number of aliphatic hydroxyl groups is 1. The van der Waals surface area contributed by atoms with Crippen LogP contribution in [-0.4, -0.2) is 60.3 Å². The van der Waals surface area contributed by atoms with E-state index in [0.717, 1.165) is 28.7 Å². The highest BCUT2D eigenvalue weighted by molar-refractivity contribution is 5.84. The number of tetrazole rings is 1. The molecule has 0 aliphatic carbocycles. The van der Waals surface area contributed by atoms with Crippen molar-refractivity contribution in [3.63, 3.8) is 0 Å². The van der Waals surface area contributed by atoms with Crippen molar-refractivity contribution in [3.05, 3.63) is 54.1 Å². The molecule has 0 bridgehead atoms. The number of amides is 1. The summed E-state index contributed by atoms with van der Waals surface area (Å²) in [5.41, 5.74) is 3.48. The number of nitrogens with one attached hydrogen (secondary N) is 1. The number of aliphatic hydroxyl groups excluding tert-OH is 1. The molecule has 1 amide bonds. The van der Waals surface area contributed by atoms with E-state index < -0.39 is 18.6 Å². The SMILES string of the molecule is CCCCC(=O)N(Cc1ccc(-c2ccccc2-c2nnn[nH]2)cc1)C(CO)C(=O)O. The lowest BCUT2D eigenvalue weighted by Crippen LogP contribution is -2.46. The van der Waals surface area contributed by atoms with Crippen LogP contribution in [0, 0.1) is 0 Å². The Morgan fingerprint density at radius 1 is 1.10 bits per heavy atom. The number of carboxylic acid groups (broad SMARTS) is 1. The molecule has 3 N–H and O–H groups in total. The largest absolute Gasteiger partial charge is 0.480 e. The summed E-state index contributed by atoms with van der Waals surface area (Å²) in [5.74, 6) is -0.950. The van der Waals surface area contributed by atoms with E-state index in [4.69, 9.17) is 0 Å². The predicted molar refractivity (Wildman–Crippen MR) is 114 cm³/mol. The number of carbonyl (C=O) groups excluding carboxylic acids is 1. The molecule has 0 aliphatic rings. The van der Waals surface area contributed by atoms with Gasteiger partial charge in [-0.15, -0.1) is 5.10 Å². The molecule has 1 heterocycles. The molecule has 0 radical (unpaired) electrons. The molecule has 2 aromatic carbocycles. The Labute approximate surface area is 179 Å². The van der Waals surface area contributed by atoms with Crippen LogP contribution in [0.3, 0.4) is 0 Å². The Hall–Kier alpha value is -3.59. The van der Waals surface area contributed by atoms with Crippen molar-refractivity contribution >= 4 is 11.9 Å². The maximum atomic E-state index is 12.6. The van der Waals surface area contributed by atoms with E-state index in [1.54, 1.807) is 0 Å². The van der Waals surface area contributed by atoms with Crippen LogP contribution in [0.2, 0.25) is 0 Å². The third kappa shape index (κ3) is 5.32. The smallest absolute Gasteiger partial charge is 0.328 e. The Morgan fingerprint density at radius 3 is 2.39 bits per heavy atom. The van der Waals surface area contributed by atoms with Crippen LogP contribution in [0.15, 0.2) is 48.5 Å². The van der Waals surface area contributed by atoms with E-state index >= 15 is 0 Å². The fraction of sp³-hybridized carbons (Fsp3) is 0.318. The van der Waals surface area contributed by atoms with Crippen molar-refractivity contribution in [2.75, 3.05) is 6.61 Å². The van der Waals surface area contributed by atoms with Crippen LogP contribution in [0.5, 0.6) is 0 Å². The molecule has 1 aromatic heterocycles. The quantitative estimate of drug-likeness (QED) is 0.456. The third-order valence-corrected chi connectivity index (χ3v) is 5.04. The number of hydrogen-bond donors (Lipinski definition) is 3. The first-order chi connectivity index (χ1) is 15.0. The molecular formula is C22H25N5O4. The molecule has 9 nitrogen and oxygen atoms in total. The normalized spacial score (nSPS) is 11.8.